The third kappa shape index (κ3) is 2.40. The van der Waals surface area contributed by atoms with E-state index in [0.29, 0.717) is 11.1 Å². The molecular formula is C13H16N2O2S. The first-order valence-corrected chi connectivity index (χ1v) is 7.28. The van der Waals surface area contributed by atoms with Gasteiger partial charge in [0.15, 0.2) is 0 Å². The highest BCUT2D eigenvalue weighted by Gasteiger charge is 2.47. The monoisotopic (exact) mass is 264 g/mol. The van der Waals surface area contributed by atoms with E-state index in [1.165, 1.54) is 12.1 Å². The fourth-order valence-corrected chi connectivity index (χ4v) is 3.34. The Morgan fingerprint density at radius 3 is 2.50 bits per heavy atom. The van der Waals surface area contributed by atoms with Crippen LogP contribution in [-0.4, -0.2) is 14.5 Å². The molecule has 1 unspecified atom stereocenters. The lowest BCUT2D eigenvalue weighted by Gasteiger charge is -2.09. The van der Waals surface area contributed by atoms with Crippen molar-refractivity contribution in [1.29, 1.82) is 5.26 Å². The summed E-state index contributed by atoms with van der Waals surface area (Å²) in [5, 5.41) is 8.82. The minimum Gasteiger partial charge on any atom is -0.208 e. The fraction of sp³-hybridized carbons (Fsp3) is 0.462. The van der Waals surface area contributed by atoms with Crippen molar-refractivity contribution in [2.45, 2.75) is 38.1 Å². The molecule has 1 aromatic rings. The van der Waals surface area contributed by atoms with Gasteiger partial charge in [0, 0.05) is 6.04 Å². The Kier molecular flexibility index (Phi) is 2.96. The number of aryl methyl sites for hydroxylation is 1. The first-order chi connectivity index (χ1) is 8.26. The molecule has 0 spiro atoms. The van der Waals surface area contributed by atoms with Crippen molar-refractivity contribution in [2.24, 2.45) is 5.41 Å². The molecule has 18 heavy (non-hydrogen) atoms. The quantitative estimate of drug-likeness (QED) is 0.907. The summed E-state index contributed by atoms with van der Waals surface area (Å²) in [6, 6.07) is 6.59. The van der Waals surface area contributed by atoms with Crippen LogP contribution in [0.4, 0.5) is 0 Å². The van der Waals surface area contributed by atoms with Gasteiger partial charge in [0.25, 0.3) is 0 Å². The highest BCUT2D eigenvalue weighted by atomic mass is 32.2. The molecule has 0 amide bonds. The van der Waals surface area contributed by atoms with Crippen molar-refractivity contribution in [3.63, 3.8) is 0 Å². The minimum absolute atomic E-state index is 0.0125. The van der Waals surface area contributed by atoms with Gasteiger partial charge < -0.3 is 0 Å². The molecule has 0 bridgehead atoms. The number of sulfonamides is 1. The molecule has 1 saturated carbocycles. The average molecular weight is 264 g/mol. The molecule has 1 aliphatic carbocycles. The van der Waals surface area contributed by atoms with E-state index in [9.17, 15) is 8.42 Å². The van der Waals surface area contributed by atoms with E-state index in [0.717, 1.165) is 6.42 Å². The number of rotatable bonds is 3. The van der Waals surface area contributed by atoms with E-state index in [-0.39, 0.29) is 16.4 Å². The summed E-state index contributed by atoms with van der Waals surface area (Å²) >= 11 is 0. The van der Waals surface area contributed by atoms with E-state index in [1.54, 1.807) is 13.0 Å². The Morgan fingerprint density at radius 1 is 1.44 bits per heavy atom. The highest BCUT2D eigenvalue weighted by Crippen LogP contribution is 2.45. The smallest absolute Gasteiger partial charge is 0.208 e. The standard InChI is InChI=1S/C13H16N2O2S/c1-9-6-11(5-4-10(9)8-14)18(16,17)15-12-7-13(12,2)3/h4-6,12,15H,7H2,1-3H3. The minimum atomic E-state index is -3.47. The van der Waals surface area contributed by atoms with Crippen LogP contribution in [0.25, 0.3) is 0 Å². The average Bonchev–Trinajstić information content (AvgIpc) is 2.84. The zero-order valence-electron chi connectivity index (χ0n) is 10.7. The van der Waals surface area contributed by atoms with Gasteiger partial charge in [-0.25, -0.2) is 13.1 Å². The predicted octanol–water partition coefficient (Wildman–Crippen LogP) is 1.94. The van der Waals surface area contributed by atoms with Crippen LogP contribution in [-0.2, 0) is 10.0 Å². The summed E-state index contributed by atoms with van der Waals surface area (Å²) < 4.78 is 26.9. The van der Waals surface area contributed by atoms with Gasteiger partial charge in [0.2, 0.25) is 10.0 Å². The molecule has 2 rings (SSSR count). The molecule has 1 aliphatic rings. The van der Waals surface area contributed by atoms with E-state index in [2.05, 4.69) is 4.72 Å². The van der Waals surface area contributed by atoms with Crippen molar-refractivity contribution < 1.29 is 8.42 Å². The Hall–Kier alpha value is -1.38. The van der Waals surface area contributed by atoms with E-state index in [4.69, 9.17) is 5.26 Å². The first kappa shape index (κ1) is 13.1. The number of hydrogen-bond donors (Lipinski definition) is 1. The lowest BCUT2D eigenvalue weighted by molar-refractivity contribution is 0.555. The van der Waals surface area contributed by atoms with Crippen LogP contribution >= 0.6 is 0 Å². The number of nitrogens with zero attached hydrogens (tertiary/aromatic N) is 1. The van der Waals surface area contributed by atoms with Crippen LogP contribution in [0.5, 0.6) is 0 Å². The summed E-state index contributed by atoms with van der Waals surface area (Å²) in [7, 11) is -3.47. The number of nitrogens with one attached hydrogen (secondary N) is 1. The van der Waals surface area contributed by atoms with Crippen LogP contribution in [0.2, 0.25) is 0 Å². The maximum Gasteiger partial charge on any atom is 0.240 e. The third-order valence-electron chi connectivity index (χ3n) is 3.44. The molecule has 1 N–H and O–H groups in total. The van der Waals surface area contributed by atoms with Crippen LogP contribution in [0.15, 0.2) is 23.1 Å². The molecule has 1 aromatic carbocycles. The fourth-order valence-electron chi connectivity index (χ4n) is 1.85. The summed E-state index contributed by atoms with van der Waals surface area (Å²) in [5.41, 5.74) is 1.23. The lowest BCUT2D eigenvalue weighted by atomic mass is 10.1. The van der Waals surface area contributed by atoms with Gasteiger partial charge in [-0.05, 0) is 42.5 Å². The van der Waals surface area contributed by atoms with Gasteiger partial charge in [-0.1, -0.05) is 13.8 Å². The van der Waals surface area contributed by atoms with Gasteiger partial charge in [-0.2, -0.15) is 5.26 Å². The maximum atomic E-state index is 12.1. The lowest BCUT2D eigenvalue weighted by Crippen LogP contribution is -2.28. The molecule has 0 aliphatic heterocycles. The molecule has 0 saturated heterocycles. The topological polar surface area (TPSA) is 70.0 Å². The number of benzene rings is 1. The van der Waals surface area contributed by atoms with Gasteiger partial charge >= 0.3 is 0 Å². The Labute approximate surface area is 108 Å². The molecule has 4 nitrogen and oxygen atoms in total. The van der Waals surface area contributed by atoms with Crippen molar-refractivity contribution in [2.75, 3.05) is 0 Å². The van der Waals surface area contributed by atoms with E-state index >= 15 is 0 Å². The van der Waals surface area contributed by atoms with Crippen LogP contribution < -0.4 is 4.72 Å². The Bertz CT molecular complexity index is 627. The molecular weight excluding hydrogens is 248 g/mol. The van der Waals surface area contributed by atoms with Crippen LogP contribution in [0.1, 0.15) is 31.4 Å². The summed E-state index contributed by atoms with van der Waals surface area (Å²) in [6.45, 7) is 5.80. The van der Waals surface area contributed by atoms with Gasteiger partial charge in [0.1, 0.15) is 0 Å². The van der Waals surface area contributed by atoms with Gasteiger partial charge in [0.05, 0.1) is 16.5 Å². The van der Waals surface area contributed by atoms with Crippen molar-refractivity contribution in [3.05, 3.63) is 29.3 Å². The number of hydrogen-bond acceptors (Lipinski definition) is 3. The molecule has 5 heteroatoms. The van der Waals surface area contributed by atoms with Crippen LogP contribution in [0, 0.1) is 23.7 Å². The first-order valence-electron chi connectivity index (χ1n) is 5.79. The van der Waals surface area contributed by atoms with E-state index in [1.807, 2.05) is 19.9 Å². The second-order valence-electron chi connectivity index (χ2n) is 5.46. The molecule has 0 aromatic heterocycles. The summed E-state index contributed by atoms with van der Waals surface area (Å²) in [5.74, 6) is 0. The largest absolute Gasteiger partial charge is 0.240 e. The van der Waals surface area contributed by atoms with Crippen molar-refractivity contribution in [1.82, 2.24) is 4.72 Å². The molecule has 0 heterocycles. The van der Waals surface area contributed by atoms with E-state index < -0.39 is 10.0 Å². The van der Waals surface area contributed by atoms with Crippen LogP contribution in [0.3, 0.4) is 0 Å². The second-order valence-corrected chi connectivity index (χ2v) is 7.17. The SMILES string of the molecule is Cc1cc(S(=O)(=O)NC2CC2(C)C)ccc1C#N. The highest BCUT2D eigenvalue weighted by molar-refractivity contribution is 7.89. The Balaban J connectivity index is 2.26. The Morgan fingerprint density at radius 2 is 2.06 bits per heavy atom. The zero-order chi connectivity index (χ0) is 13.6. The molecule has 1 atom stereocenters. The van der Waals surface area contributed by atoms with Crippen molar-refractivity contribution >= 4 is 10.0 Å². The normalized spacial score (nSPS) is 21.3. The maximum absolute atomic E-state index is 12.1. The summed E-state index contributed by atoms with van der Waals surface area (Å²) in [6.07, 6.45) is 0.863. The molecule has 0 radical (unpaired) electrons. The van der Waals surface area contributed by atoms with Crippen molar-refractivity contribution in [3.8, 4) is 6.07 Å². The predicted molar refractivity (Wildman–Crippen MR) is 68.4 cm³/mol. The van der Waals surface area contributed by atoms with Gasteiger partial charge in [-0.15, -0.1) is 0 Å². The molecule has 1 fully saturated rings. The van der Waals surface area contributed by atoms with Gasteiger partial charge in [-0.3, -0.25) is 0 Å². The second kappa shape index (κ2) is 4.08. The number of nitriles is 1. The third-order valence-corrected chi connectivity index (χ3v) is 4.91. The zero-order valence-corrected chi connectivity index (χ0v) is 11.5. The molecule has 96 valence electrons. The summed E-state index contributed by atoms with van der Waals surface area (Å²) in [4.78, 5) is 0.224.